The van der Waals surface area contributed by atoms with Gasteiger partial charge in [0.2, 0.25) is 5.91 Å². The third-order valence-electron chi connectivity index (χ3n) is 4.38. The first kappa shape index (κ1) is 21.0. The highest BCUT2D eigenvalue weighted by atomic mass is 35.5. The van der Waals surface area contributed by atoms with Gasteiger partial charge >= 0.3 is 6.18 Å². The van der Waals surface area contributed by atoms with Crippen LogP contribution in [0.25, 0.3) is 0 Å². The van der Waals surface area contributed by atoms with Crippen molar-refractivity contribution < 1.29 is 22.8 Å². The summed E-state index contributed by atoms with van der Waals surface area (Å²) in [4.78, 5) is 24.3. The maximum Gasteiger partial charge on any atom is 0.418 e. The fourth-order valence-electron chi connectivity index (χ4n) is 2.63. The monoisotopic (exact) mass is 425 g/mol. The van der Waals surface area contributed by atoms with Crippen molar-refractivity contribution in [3.05, 3.63) is 58.6 Å². The van der Waals surface area contributed by atoms with E-state index >= 15 is 0 Å². The summed E-state index contributed by atoms with van der Waals surface area (Å²) in [5.41, 5.74) is -0.331. The van der Waals surface area contributed by atoms with Crippen molar-refractivity contribution in [1.82, 2.24) is 5.32 Å². The number of halogens is 4. The topological polar surface area (TPSA) is 70.2 Å². The molecule has 2 amide bonds. The van der Waals surface area contributed by atoms with Gasteiger partial charge in [0.15, 0.2) is 0 Å². The highest BCUT2D eigenvalue weighted by Gasteiger charge is 2.34. The van der Waals surface area contributed by atoms with Crippen molar-refractivity contribution in [3.8, 4) is 0 Å². The third-order valence-corrected chi connectivity index (χ3v) is 4.62. The van der Waals surface area contributed by atoms with Crippen LogP contribution in [-0.2, 0) is 11.0 Å². The van der Waals surface area contributed by atoms with Crippen molar-refractivity contribution >= 4 is 34.8 Å². The third kappa shape index (κ3) is 5.63. The fraction of sp³-hybridized carbons (Fsp3) is 0.300. The molecule has 2 aromatic carbocycles. The molecule has 0 bridgehead atoms. The zero-order chi connectivity index (χ0) is 21.2. The van der Waals surface area contributed by atoms with Crippen LogP contribution in [0.1, 0.15) is 35.7 Å². The summed E-state index contributed by atoms with van der Waals surface area (Å²) < 4.78 is 39.5. The second kappa shape index (κ2) is 8.32. The van der Waals surface area contributed by atoms with Crippen LogP contribution < -0.4 is 16.0 Å². The molecule has 1 aliphatic carbocycles. The predicted molar refractivity (Wildman–Crippen MR) is 105 cm³/mol. The first-order valence-corrected chi connectivity index (χ1v) is 9.36. The normalized spacial score (nSPS) is 14.8. The average Bonchev–Trinajstić information content (AvgIpc) is 3.46. The van der Waals surface area contributed by atoms with Crippen molar-refractivity contribution in [3.63, 3.8) is 0 Å². The zero-order valence-corrected chi connectivity index (χ0v) is 16.2. The Labute approximate surface area is 170 Å². The summed E-state index contributed by atoms with van der Waals surface area (Å²) in [5.74, 6) is -0.805. The maximum absolute atomic E-state index is 13.2. The van der Waals surface area contributed by atoms with E-state index in [0.29, 0.717) is 11.3 Å². The molecule has 0 heterocycles. The SMILES string of the molecule is CC(Nc1ccc(C(=O)NC2CC2)cc1)C(=O)Nc1ccc(Cl)cc1C(F)(F)F. The van der Waals surface area contributed by atoms with Gasteiger partial charge in [0.05, 0.1) is 11.3 Å². The number of carbonyl (C=O) groups excluding carboxylic acids is 2. The Morgan fingerprint density at radius 1 is 1.10 bits per heavy atom. The van der Waals surface area contributed by atoms with Crippen molar-refractivity contribution in [2.24, 2.45) is 0 Å². The predicted octanol–water partition coefficient (Wildman–Crippen LogP) is 4.69. The molecule has 0 aromatic heterocycles. The van der Waals surface area contributed by atoms with Gasteiger partial charge in [-0.1, -0.05) is 11.6 Å². The highest BCUT2D eigenvalue weighted by molar-refractivity contribution is 6.30. The molecule has 0 saturated heterocycles. The average molecular weight is 426 g/mol. The van der Waals surface area contributed by atoms with Gasteiger partial charge < -0.3 is 16.0 Å². The summed E-state index contributed by atoms with van der Waals surface area (Å²) in [6.45, 7) is 1.52. The van der Waals surface area contributed by atoms with Crippen molar-refractivity contribution in [2.45, 2.75) is 38.0 Å². The van der Waals surface area contributed by atoms with Gasteiger partial charge in [-0.05, 0) is 62.2 Å². The van der Waals surface area contributed by atoms with E-state index in [0.717, 1.165) is 25.0 Å². The number of nitrogens with one attached hydrogen (secondary N) is 3. The largest absolute Gasteiger partial charge is 0.418 e. The van der Waals surface area contributed by atoms with Gasteiger partial charge in [-0.15, -0.1) is 0 Å². The van der Waals surface area contributed by atoms with Crippen LogP contribution in [0.4, 0.5) is 24.5 Å². The van der Waals surface area contributed by atoms with Crippen LogP contribution >= 0.6 is 11.6 Å². The second-order valence-corrected chi connectivity index (χ2v) is 7.30. The second-order valence-electron chi connectivity index (χ2n) is 6.87. The van der Waals surface area contributed by atoms with E-state index in [1.54, 1.807) is 24.3 Å². The van der Waals surface area contributed by atoms with Crippen LogP contribution in [0.3, 0.4) is 0 Å². The molecule has 1 aliphatic rings. The molecule has 0 aliphatic heterocycles. The van der Waals surface area contributed by atoms with Crippen LogP contribution in [0.5, 0.6) is 0 Å². The lowest BCUT2D eigenvalue weighted by molar-refractivity contribution is -0.137. The summed E-state index contributed by atoms with van der Waals surface area (Å²) in [5, 5.41) is 7.97. The molecule has 1 saturated carbocycles. The minimum absolute atomic E-state index is 0.0766. The lowest BCUT2D eigenvalue weighted by Gasteiger charge is -2.18. The minimum Gasteiger partial charge on any atom is -0.374 e. The van der Waals surface area contributed by atoms with Crippen molar-refractivity contribution in [1.29, 1.82) is 0 Å². The summed E-state index contributed by atoms with van der Waals surface area (Å²) in [7, 11) is 0. The van der Waals surface area contributed by atoms with Gasteiger partial charge in [0.25, 0.3) is 5.91 Å². The Morgan fingerprint density at radius 3 is 2.34 bits per heavy atom. The fourth-order valence-corrected chi connectivity index (χ4v) is 2.80. The number of anilines is 2. The first-order valence-electron chi connectivity index (χ1n) is 8.98. The van der Waals surface area contributed by atoms with Crippen LogP contribution in [0, 0.1) is 0 Å². The van der Waals surface area contributed by atoms with E-state index in [-0.39, 0.29) is 22.7 Å². The van der Waals surface area contributed by atoms with E-state index in [2.05, 4.69) is 16.0 Å². The number of hydrogen-bond acceptors (Lipinski definition) is 3. The smallest absolute Gasteiger partial charge is 0.374 e. The van der Waals surface area contributed by atoms with E-state index in [1.807, 2.05) is 0 Å². The van der Waals surface area contributed by atoms with Crippen LogP contribution in [0.15, 0.2) is 42.5 Å². The van der Waals surface area contributed by atoms with E-state index in [4.69, 9.17) is 11.6 Å². The molecule has 154 valence electrons. The Balaban J connectivity index is 1.63. The van der Waals surface area contributed by atoms with E-state index in [9.17, 15) is 22.8 Å². The van der Waals surface area contributed by atoms with Crippen LogP contribution in [0.2, 0.25) is 5.02 Å². The summed E-state index contributed by atoms with van der Waals surface area (Å²) in [6, 6.07) is 9.08. The molecule has 1 fully saturated rings. The standard InChI is InChI=1S/C20H19ClF3N3O2/c1-11(18(28)27-17-9-4-13(21)10-16(17)20(22,23)24)25-14-5-2-12(3-6-14)19(29)26-15-7-8-15/h2-6,9-11,15,25H,7-8H2,1H3,(H,26,29)(H,27,28). The molecular formula is C20H19ClF3N3O2. The van der Waals surface area contributed by atoms with E-state index < -0.39 is 23.7 Å². The molecule has 29 heavy (non-hydrogen) atoms. The van der Waals surface area contributed by atoms with Gasteiger partial charge in [-0.2, -0.15) is 13.2 Å². The number of alkyl halides is 3. The van der Waals surface area contributed by atoms with Gasteiger partial charge in [0, 0.05) is 22.3 Å². The summed E-state index contributed by atoms with van der Waals surface area (Å²) >= 11 is 5.64. The van der Waals surface area contributed by atoms with Gasteiger partial charge in [-0.3, -0.25) is 9.59 Å². The molecule has 2 aromatic rings. The highest BCUT2D eigenvalue weighted by Crippen LogP contribution is 2.36. The Morgan fingerprint density at radius 2 is 1.76 bits per heavy atom. The molecule has 5 nitrogen and oxygen atoms in total. The quantitative estimate of drug-likeness (QED) is 0.628. The van der Waals surface area contributed by atoms with Crippen molar-refractivity contribution in [2.75, 3.05) is 10.6 Å². The molecule has 9 heteroatoms. The number of benzene rings is 2. The van der Waals surface area contributed by atoms with Gasteiger partial charge in [0.1, 0.15) is 6.04 Å². The lowest BCUT2D eigenvalue weighted by Crippen LogP contribution is -2.32. The molecule has 3 N–H and O–H groups in total. The molecular weight excluding hydrogens is 407 g/mol. The number of hydrogen-bond donors (Lipinski definition) is 3. The Kier molecular flexibility index (Phi) is 6.02. The number of amides is 2. The molecule has 1 unspecified atom stereocenters. The Bertz CT molecular complexity index is 912. The van der Waals surface area contributed by atoms with Crippen LogP contribution in [-0.4, -0.2) is 23.9 Å². The summed E-state index contributed by atoms with van der Waals surface area (Å²) in [6.07, 6.45) is -2.68. The zero-order valence-electron chi connectivity index (χ0n) is 15.4. The maximum atomic E-state index is 13.2. The molecule has 1 atom stereocenters. The number of carbonyl (C=O) groups is 2. The first-order chi connectivity index (χ1) is 13.6. The number of rotatable bonds is 6. The molecule has 3 rings (SSSR count). The lowest BCUT2D eigenvalue weighted by atomic mass is 10.1. The minimum atomic E-state index is -4.65. The molecule has 0 spiro atoms. The Hall–Kier alpha value is -2.74. The molecule has 0 radical (unpaired) electrons. The van der Waals surface area contributed by atoms with E-state index in [1.165, 1.54) is 13.0 Å². The van der Waals surface area contributed by atoms with Gasteiger partial charge in [-0.25, -0.2) is 0 Å².